The first-order valence-electron chi connectivity index (χ1n) is 6.67. The summed E-state index contributed by atoms with van der Waals surface area (Å²) in [7, 11) is 0. The van der Waals surface area contributed by atoms with Crippen LogP contribution in [0.1, 0.15) is 19.8 Å². The van der Waals surface area contributed by atoms with Crippen LogP contribution in [0.5, 0.6) is 0 Å². The lowest BCUT2D eigenvalue weighted by molar-refractivity contribution is -0.129. The third kappa shape index (κ3) is 3.29. The summed E-state index contributed by atoms with van der Waals surface area (Å²) >= 11 is 8.85. The number of nitrogens with one attached hydrogen (secondary N) is 1. The maximum atomic E-state index is 12.4. The summed E-state index contributed by atoms with van der Waals surface area (Å²) in [5.41, 5.74) is 0.486. The van der Waals surface area contributed by atoms with Crippen LogP contribution in [0.15, 0.2) is 17.5 Å². The largest absolute Gasteiger partial charge is 0.381 e. The first-order chi connectivity index (χ1) is 10.1. The Morgan fingerprint density at radius 3 is 2.86 bits per heavy atom. The molecule has 0 saturated carbocycles. The van der Waals surface area contributed by atoms with E-state index in [9.17, 15) is 4.79 Å². The average Bonchev–Trinajstić information content (AvgIpc) is 3.08. The van der Waals surface area contributed by atoms with Crippen molar-refractivity contribution in [1.82, 2.24) is 4.98 Å². The summed E-state index contributed by atoms with van der Waals surface area (Å²) in [6.45, 7) is 3.26. The van der Waals surface area contributed by atoms with Crippen molar-refractivity contribution in [3.8, 4) is 10.6 Å². The van der Waals surface area contributed by atoms with E-state index in [-0.39, 0.29) is 11.3 Å². The van der Waals surface area contributed by atoms with Crippen LogP contribution in [-0.4, -0.2) is 24.1 Å². The minimum absolute atomic E-state index is 0.0240. The van der Waals surface area contributed by atoms with E-state index in [1.807, 2.05) is 24.4 Å². The molecular weight excluding hydrogens is 328 g/mol. The average molecular weight is 343 g/mol. The number of aromatic nitrogens is 1. The molecule has 1 saturated heterocycles. The van der Waals surface area contributed by atoms with E-state index in [0.29, 0.717) is 18.3 Å². The summed E-state index contributed by atoms with van der Waals surface area (Å²) < 4.78 is 6.06. The van der Waals surface area contributed by atoms with Crippen molar-refractivity contribution < 1.29 is 9.53 Å². The van der Waals surface area contributed by atoms with Gasteiger partial charge in [-0.3, -0.25) is 4.79 Å². The third-order valence-electron chi connectivity index (χ3n) is 3.69. The Balaban J connectivity index is 1.71. The van der Waals surface area contributed by atoms with Crippen molar-refractivity contribution in [1.29, 1.82) is 0 Å². The smallest absolute Gasteiger partial charge is 0.232 e. The van der Waals surface area contributed by atoms with Crippen LogP contribution in [-0.2, 0) is 9.53 Å². The van der Waals surface area contributed by atoms with Gasteiger partial charge in [-0.05, 0) is 25.0 Å². The van der Waals surface area contributed by atoms with E-state index in [4.69, 9.17) is 16.3 Å². The number of hydrogen-bond donors (Lipinski definition) is 1. The van der Waals surface area contributed by atoms with Gasteiger partial charge in [0.2, 0.25) is 5.91 Å². The lowest BCUT2D eigenvalue weighted by atomic mass is 9.81. The molecule has 2 aromatic rings. The maximum absolute atomic E-state index is 12.4. The van der Waals surface area contributed by atoms with Gasteiger partial charge in [-0.25, -0.2) is 4.98 Å². The molecule has 112 valence electrons. The van der Waals surface area contributed by atoms with Crippen molar-refractivity contribution in [2.75, 3.05) is 18.5 Å². The van der Waals surface area contributed by atoms with Crippen LogP contribution in [0, 0.1) is 5.41 Å². The van der Waals surface area contributed by atoms with E-state index in [1.165, 1.54) is 22.7 Å². The number of thiazole rings is 1. The molecule has 0 radical (unpaired) electrons. The Hall–Kier alpha value is -0.950. The normalized spacial score (nSPS) is 17.6. The van der Waals surface area contributed by atoms with Crippen LogP contribution < -0.4 is 5.32 Å². The van der Waals surface area contributed by atoms with Gasteiger partial charge in [-0.15, -0.1) is 22.7 Å². The Morgan fingerprint density at radius 2 is 2.19 bits per heavy atom. The van der Waals surface area contributed by atoms with Crippen molar-refractivity contribution >= 4 is 45.3 Å². The zero-order chi connectivity index (χ0) is 14.9. The highest BCUT2D eigenvalue weighted by Gasteiger charge is 2.35. The zero-order valence-corrected chi connectivity index (χ0v) is 13.9. The van der Waals surface area contributed by atoms with Gasteiger partial charge in [0.25, 0.3) is 0 Å². The van der Waals surface area contributed by atoms with Crippen molar-refractivity contribution in [3.63, 3.8) is 0 Å². The number of halogens is 1. The predicted molar refractivity (Wildman–Crippen MR) is 87.2 cm³/mol. The highest BCUT2D eigenvalue weighted by atomic mass is 35.5. The highest BCUT2D eigenvalue weighted by molar-refractivity contribution is 7.20. The number of carbonyl (C=O) groups excluding carboxylic acids is 1. The second-order valence-electron chi connectivity index (χ2n) is 5.27. The van der Waals surface area contributed by atoms with Gasteiger partial charge in [0.1, 0.15) is 0 Å². The maximum Gasteiger partial charge on any atom is 0.232 e. The van der Waals surface area contributed by atoms with Gasteiger partial charge in [0, 0.05) is 18.6 Å². The Bertz CT molecular complexity index is 647. The molecule has 7 heteroatoms. The summed E-state index contributed by atoms with van der Waals surface area (Å²) in [5.74, 6) is 0.0240. The first kappa shape index (κ1) is 15.0. The van der Waals surface area contributed by atoms with Gasteiger partial charge in [0.05, 0.1) is 20.3 Å². The molecule has 1 aliphatic rings. The molecule has 1 fully saturated rings. The number of nitrogens with zero attached hydrogens (tertiary/aromatic N) is 1. The number of ether oxygens (including phenoxy) is 1. The molecule has 0 atom stereocenters. The molecular formula is C14H15ClN2O2S2. The number of rotatable bonds is 3. The first-order valence-corrected chi connectivity index (χ1v) is 8.75. The second kappa shape index (κ2) is 6.04. The quantitative estimate of drug-likeness (QED) is 0.905. The monoisotopic (exact) mass is 342 g/mol. The Labute approximate surface area is 136 Å². The minimum atomic E-state index is -0.365. The van der Waals surface area contributed by atoms with Gasteiger partial charge in [-0.2, -0.15) is 0 Å². The zero-order valence-electron chi connectivity index (χ0n) is 11.5. The number of anilines is 1. The fourth-order valence-corrected chi connectivity index (χ4v) is 3.98. The molecule has 2 aromatic heterocycles. The van der Waals surface area contributed by atoms with Gasteiger partial charge < -0.3 is 10.1 Å². The molecule has 0 aromatic carbocycles. The van der Waals surface area contributed by atoms with Gasteiger partial charge in [-0.1, -0.05) is 18.5 Å². The summed E-state index contributed by atoms with van der Waals surface area (Å²) in [6, 6.07) is 3.79. The molecule has 1 aliphatic heterocycles. The molecule has 3 heterocycles. The Morgan fingerprint density at radius 1 is 1.43 bits per heavy atom. The minimum Gasteiger partial charge on any atom is -0.381 e. The highest BCUT2D eigenvalue weighted by Crippen LogP contribution is 2.35. The fourth-order valence-electron chi connectivity index (χ4n) is 2.19. The summed E-state index contributed by atoms with van der Waals surface area (Å²) in [5, 5.41) is 5.50. The molecule has 0 aliphatic carbocycles. The third-order valence-corrected chi connectivity index (χ3v) is 5.71. The molecule has 21 heavy (non-hydrogen) atoms. The second-order valence-corrected chi connectivity index (χ2v) is 7.84. The van der Waals surface area contributed by atoms with Crippen LogP contribution >= 0.6 is 34.3 Å². The van der Waals surface area contributed by atoms with E-state index < -0.39 is 0 Å². The van der Waals surface area contributed by atoms with Gasteiger partial charge >= 0.3 is 0 Å². The van der Waals surface area contributed by atoms with Crippen molar-refractivity contribution in [2.45, 2.75) is 19.8 Å². The van der Waals surface area contributed by atoms with E-state index in [1.54, 1.807) is 0 Å². The van der Waals surface area contributed by atoms with Gasteiger partial charge in [0.15, 0.2) is 5.13 Å². The molecule has 0 unspecified atom stereocenters. The van der Waals surface area contributed by atoms with E-state index in [0.717, 1.165) is 27.7 Å². The number of amides is 1. The SMILES string of the molecule is CC1(C(=O)Nc2nc(-c3ccc(Cl)s3)cs2)CCOCC1. The van der Waals surface area contributed by atoms with Crippen LogP contribution in [0.3, 0.4) is 0 Å². The molecule has 0 bridgehead atoms. The van der Waals surface area contributed by atoms with Crippen LogP contribution in [0.4, 0.5) is 5.13 Å². The molecule has 1 N–H and O–H groups in total. The lowest BCUT2D eigenvalue weighted by Gasteiger charge is -2.31. The van der Waals surface area contributed by atoms with Crippen molar-refractivity contribution in [3.05, 3.63) is 21.8 Å². The lowest BCUT2D eigenvalue weighted by Crippen LogP contribution is -2.38. The number of hydrogen-bond acceptors (Lipinski definition) is 5. The molecule has 1 amide bonds. The number of thiophene rings is 1. The summed E-state index contributed by atoms with van der Waals surface area (Å²) in [4.78, 5) is 17.9. The fraction of sp³-hybridized carbons (Fsp3) is 0.429. The van der Waals surface area contributed by atoms with E-state index >= 15 is 0 Å². The van der Waals surface area contributed by atoms with Crippen LogP contribution in [0.25, 0.3) is 10.6 Å². The standard InChI is InChI=1S/C14H15ClN2O2S2/c1-14(4-6-19-7-5-14)12(18)17-13-16-9(8-20-13)10-2-3-11(15)21-10/h2-3,8H,4-7H2,1H3,(H,16,17,18). The molecule has 0 spiro atoms. The predicted octanol–water partition coefficient (Wildman–Crippen LogP) is 4.28. The van der Waals surface area contributed by atoms with E-state index in [2.05, 4.69) is 10.3 Å². The topological polar surface area (TPSA) is 51.2 Å². The molecule has 3 rings (SSSR count). The number of carbonyl (C=O) groups is 1. The van der Waals surface area contributed by atoms with Crippen molar-refractivity contribution in [2.24, 2.45) is 5.41 Å². The Kier molecular flexibility index (Phi) is 4.31. The van der Waals surface area contributed by atoms with Crippen LogP contribution in [0.2, 0.25) is 4.34 Å². The molecule has 4 nitrogen and oxygen atoms in total. The summed E-state index contributed by atoms with van der Waals surface area (Å²) in [6.07, 6.45) is 1.50.